The fourth-order valence-electron chi connectivity index (χ4n) is 4.14. The minimum atomic E-state index is -0.810. The van der Waals surface area contributed by atoms with Crippen molar-refractivity contribution in [2.75, 3.05) is 25.7 Å². The highest BCUT2D eigenvalue weighted by Gasteiger charge is 2.16. The molecule has 0 saturated heterocycles. The second kappa shape index (κ2) is 11.6. The summed E-state index contributed by atoms with van der Waals surface area (Å²) in [6.45, 7) is 4.41. The number of aromatic amines is 1. The molecule has 0 spiro atoms. The first-order chi connectivity index (χ1) is 17.4. The number of aryl methyl sites for hydroxylation is 1. The number of carboxylic acid groups (broad SMARTS) is 1. The average Bonchev–Trinajstić information content (AvgIpc) is 3.28. The predicted octanol–water partition coefficient (Wildman–Crippen LogP) is 4.66. The van der Waals surface area contributed by atoms with Crippen molar-refractivity contribution in [1.29, 1.82) is 0 Å². The molecule has 0 aliphatic heterocycles. The van der Waals surface area contributed by atoms with E-state index in [0.29, 0.717) is 26.2 Å². The molecule has 8 nitrogen and oxygen atoms in total. The van der Waals surface area contributed by atoms with E-state index in [9.17, 15) is 4.79 Å². The zero-order valence-corrected chi connectivity index (χ0v) is 20.9. The van der Waals surface area contributed by atoms with Gasteiger partial charge in [0.2, 0.25) is 0 Å². The molecule has 2 aromatic heterocycles. The molecule has 0 radical (unpaired) electrons. The molecule has 36 heavy (non-hydrogen) atoms. The van der Waals surface area contributed by atoms with Crippen LogP contribution in [0.3, 0.4) is 0 Å². The Morgan fingerprint density at radius 3 is 2.08 bits per heavy atom. The number of ether oxygens (including phenoxy) is 2. The molecule has 4 aromatic rings. The first kappa shape index (κ1) is 25.1. The molecule has 3 N–H and O–H groups in total. The van der Waals surface area contributed by atoms with Crippen LogP contribution in [-0.4, -0.2) is 41.8 Å². The fraction of sp³-hybridized carbons (Fsp3) is 0.286. The third kappa shape index (κ3) is 6.34. The van der Waals surface area contributed by atoms with Gasteiger partial charge in [-0.15, -0.1) is 0 Å². The number of carboxylic acids is 1. The van der Waals surface area contributed by atoms with Gasteiger partial charge in [-0.1, -0.05) is 24.3 Å². The number of pyridine rings is 1. The van der Waals surface area contributed by atoms with Crippen LogP contribution < -0.4 is 19.7 Å². The molecule has 188 valence electrons. The fourth-order valence-corrected chi connectivity index (χ4v) is 4.14. The number of nitrogens with zero attached hydrogens (tertiary/aromatic N) is 2. The van der Waals surface area contributed by atoms with Crippen LogP contribution in [0.25, 0.3) is 11.0 Å². The Kier molecular flexibility index (Phi) is 8.07. The van der Waals surface area contributed by atoms with E-state index < -0.39 is 5.97 Å². The minimum Gasteiger partial charge on any atom is -0.497 e. The maximum atomic E-state index is 10.7. The van der Waals surface area contributed by atoms with Crippen LogP contribution in [0.15, 0.2) is 60.7 Å². The molecule has 0 amide bonds. The summed E-state index contributed by atoms with van der Waals surface area (Å²) in [6.07, 6.45) is 0.0907. The Bertz CT molecular complexity index is 1250. The molecular weight excluding hydrogens is 456 g/mol. The maximum Gasteiger partial charge on any atom is 0.304 e. The third-order valence-electron chi connectivity index (χ3n) is 6.02. The van der Waals surface area contributed by atoms with Gasteiger partial charge in [-0.3, -0.25) is 4.79 Å². The average molecular weight is 489 g/mol. The molecule has 2 aromatic carbocycles. The van der Waals surface area contributed by atoms with E-state index in [4.69, 9.17) is 19.6 Å². The first-order valence-corrected chi connectivity index (χ1v) is 11.9. The van der Waals surface area contributed by atoms with Crippen molar-refractivity contribution in [1.82, 2.24) is 15.3 Å². The summed E-state index contributed by atoms with van der Waals surface area (Å²) in [5.41, 5.74) is 6.18. The lowest BCUT2D eigenvalue weighted by molar-refractivity contribution is -0.136. The SMILES string of the molecule is COc1ccc(CN(Cc2ccc(OC)cc2)c2nc3cc(CNCCC(=O)O)[nH]c3cc2C)cc1. The number of hydrogen-bond acceptors (Lipinski definition) is 6. The number of H-pyrrole nitrogens is 1. The Morgan fingerprint density at radius 1 is 0.972 bits per heavy atom. The topological polar surface area (TPSA) is 99.7 Å². The molecule has 4 rings (SSSR count). The van der Waals surface area contributed by atoms with Crippen LogP contribution in [-0.2, 0) is 24.4 Å². The van der Waals surface area contributed by atoms with E-state index in [-0.39, 0.29) is 6.42 Å². The van der Waals surface area contributed by atoms with Crippen molar-refractivity contribution in [3.8, 4) is 11.5 Å². The number of aliphatic carboxylic acids is 1. The van der Waals surface area contributed by atoms with Crippen LogP contribution >= 0.6 is 0 Å². The normalized spacial score (nSPS) is 11.0. The summed E-state index contributed by atoms with van der Waals surface area (Å²) in [5, 5.41) is 12.0. The highest BCUT2D eigenvalue weighted by Crippen LogP contribution is 2.27. The summed E-state index contributed by atoms with van der Waals surface area (Å²) >= 11 is 0. The molecule has 0 unspecified atom stereocenters. The number of aromatic nitrogens is 2. The maximum absolute atomic E-state index is 10.7. The van der Waals surface area contributed by atoms with Gasteiger partial charge in [-0.05, 0) is 60.0 Å². The van der Waals surface area contributed by atoms with Crippen molar-refractivity contribution in [3.05, 3.63) is 83.0 Å². The van der Waals surface area contributed by atoms with Gasteiger partial charge in [0.05, 0.1) is 31.7 Å². The van der Waals surface area contributed by atoms with Crippen LogP contribution in [0.2, 0.25) is 0 Å². The van der Waals surface area contributed by atoms with Crippen molar-refractivity contribution in [2.45, 2.75) is 33.0 Å². The van der Waals surface area contributed by atoms with Gasteiger partial charge in [-0.2, -0.15) is 0 Å². The molecule has 0 aliphatic rings. The molecular formula is C28H32N4O4. The number of fused-ring (bicyclic) bond motifs is 1. The monoisotopic (exact) mass is 488 g/mol. The van der Waals surface area contributed by atoms with Gasteiger partial charge in [-0.25, -0.2) is 4.98 Å². The second-order valence-corrected chi connectivity index (χ2v) is 8.73. The van der Waals surface area contributed by atoms with E-state index in [1.165, 1.54) is 0 Å². The Morgan fingerprint density at radius 2 is 1.56 bits per heavy atom. The van der Waals surface area contributed by atoms with Crippen LogP contribution in [0.1, 0.15) is 28.8 Å². The Hall–Kier alpha value is -4.04. The van der Waals surface area contributed by atoms with E-state index >= 15 is 0 Å². The number of rotatable bonds is 12. The standard InChI is InChI=1S/C28H32N4O4/c1-19-14-25-26(15-22(30-25)16-29-13-12-27(33)34)31-28(19)32(17-20-4-8-23(35-2)9-5-20)18-21-6-10-24(36-3)11-7-21/h4-11,14-15,29-30H,12-13,16-18H2,1-3H3,(H,33,34). The number of nitrogens with one attached hydrogen (secondary N) is 2. The number of benzene rings is 2. The largest absolute Gasteiger partial charge is 0.497 e. The van der Waals surface area contributed by atoms with E-state index in [2.05, 4.69) is 52.5 Å². The summed E-state index contributed by atoms with van der Waals surface area (Å²) in [4.78, 5) is 21.4. The first-order valence-electron chi connectivity index (χ1n) is 11.9. The molecule has 0 aliphatic carbocycles. The van der Waals surface area contributed by atoms with Crippen LogP contribution in [0.4, 0.5) is 5.82 Å². The predicted molar refractivity (Wildman–Crippen MR) is 141 cm³/mol. The summed E-state index contributed by atoms with van der Waals surface area (Å²) in [6, 6.07) is 20.3. The molecule has 0 atom stereocenters. The zero-order valence-electron chi connectivity index (χ0n) is 20.9. The number of methoxy groups -OCH3 is 2. The Labute approximate surface area is 210 Å². The highest BCUT2D eigenvalue weighted by molar-refractivity contribution is 5.79. The van der Waals surface area contributed by atoms with Crippen molar-refractivity contribution >= 4 is 22.8 Å². The van der Waals surface area contributed by atoms with Gasteiger partial charge < -0.3 is 29.8 Å². The van der Waals surface area contributed by atoms with Gasteiger partial charge in [0.15, 0.2) is 0 Å². The van der Waals surface area contributed by atoms with Crippen LogP contribution in [0, 0.1) is 6.92 Å². The van der Waals surface area contributed by atoms with E-state index in [0.717, 1.165) is 50.7 Å². The highest BCUT2D eigenvalue weighted by atomic mass is 16.5. The smallest absolute Gasteiger partial charge is 0.304 e. The third-order valence-corrected chi connectivity index (χ3v) is 6.02. The van der Waals surface area contributed by atoms with Gasteiger partial charge in [0.25, 0.3) is 0 Å². The lowest BCUT2D eigenvalue weighted by Crippen LogP contribution is -2.24. The molecule has 0 fully saturated rings. The number of hydrogen-bond donors (Lipinski definition) is 3. The quantitative estimate of drug-likeness (QED) is 0.249. The lowest BCUT2D eigenvalue weighted by Gasteiger charge is -2.26. The molecule has 8 heteroatoms. The summed E-state index contributed by atoms with van der Waals surface area (Å²) < 4.78 is 10.6. The van der Waals surface area contributed by atoms with Crippen LogP contribution in [0.5, 0.6) is 11.5 Å². The minimum absolute atomic E-state index is 0.0907. The zero-order chi connectivity index (χ0) is 25.5. The summed E-state index contributed by atoms with van der Waals surface area (Å²) in [7, 11) is 3.33. The second-order valence-electron chi connectivity index (χ2n) is 8.73. The number of anilines is 1. The Balaban J connectivity index is 1.61. The lowest BCUT2D eigenvalue weighted by atomic mass is 10.1. The molecule has 2 heterocycles. The summed E-state index contributed by atoms with van der Waals surface area (Å²) in [5.74, 6) is 1.76. The van der Waals surface area contributed by atoms with Crippen molar-refractivity contribution in [3.63, 3.8) is 0 Å². The molecule has 0 bridgehead atoms. The van der Waals surface area contributed by atoms with Crippen molar-refractivity contribution < 1.29 is 19.4 Å². The van der Waals surface area contributed by atoms with Gasteiger partial charge >= 0.3 is 5.97 Å². The molecule has 0 saturated carbocycles. The van der Waals surface area contributed by atoms with Gasteiger partial charge in [0.1, 0.15) is 17.3 Å². The van der Waals surface area contributed by atoms with Crippen molar-refractivity contribution in [2.24, 2.45) is 0 Å². The van der Waals surface area contributed by atoms with Gasteiger partial charge in [0, 0.05) is 31.9 Å². The number of carbonyl (C=O) groups is 1. The van der Waals surface area contributed by atoms with E-state index in [1.807, 2.05) is 30.3 Å². The van der Waals surface area contributed by atoms with E-state index in [1.54, 1.807) is 14.2 Å².